The topological polar surface area (TPSA) is 23.6 Å². The molecule has 37 heavy (non-hydrogen) atoms. The first kappa shape index (κ1) is 25.6. The van der Waals surface area contributed by atoms with Crippen LogP contribution in [0.3, 0.4) is 0 Å². The van der Waals surface area contributed by atoms with E-state index in [4.69, 9.17) is 0 Å². The monoisotopic (exact) mass is 502 g/mol. The Morgan fingerprint density at radius 2 is 1.65 bits per heavy atom. The van der Waals surface area contributed by atoms with Crippen molar-refractivity contribution in [1.29, 1.82) is 0 Å². The molecule has 5 rings (SSSR count). The fourth-order valence-corrected chi connectivity index (χ4v) is 6.32. The first-order valence-electron chi connectivity index (χ1n) is 13.6. The first-order chi connectivity index (χ1) is 18.0. The van der Waals surface area contributed by atoms with E-state index < -0.39 is 0 Å². The fraction of sp³-hybridized carbons (Fsp3) is 0.406. The number of hydrogen-bond acceptors (Lipinski definition) is 2. The summed E-state index contributed by atoms with van der Waals surface area (Å²) in [5, 5.41) is 0. The molecule has 3 aromatic carbocycles. The Hall–Kier alpha value is -3.05. The summed E-state index contributed by atoms with van der Waals surface area (Å²) in [6, 6.07) is 21.5. The molecule has 0 bridgehead atoms. The fourth-order valence-electron chi connectivity index (χ4n) is 6.32. The van der Waals surface area contributed by atoms with Gasteiger partial charge in [0.05, 0.1) is 0 Å². The van der Waals surface area contributed by atoms with E-state index in [1.807, 2.05) is 6.07 Å². The van der Waals surface area contributed by atoms with Gasteiger partial charge in [-0.05, 0) is 78.8 Å². The Labute approximate surface area is 219 Å². The SMILES string of the molecule is Cc1ccccc1[C@@H]1CN(Cc2cccc(F)c2)C[C@H]1CN(C(=O)c1ccc(F)cc1)C1CCCCC1. The van der Waals surface area contributed by atoms with E-state index in [1.165, 1.54) is 35.7 Å². The molecule has 0 aromatic heterocycles. The van der Waals surface area contributed by atoms with Crippen LogP contribution in [0.2, 0.25) is 0 Å². The van der Waals surface area contributed by atoms with Crippen LogP contribution in [0.15, 0.2) is 72.8 Å². The van der Waals surface area contributed by atoms with Crippen molar-refractivity contribution in [3.8, 4) is 0 Å². The van der Waals surface area contributed by atoms with Crippen molar-refractivity contribution >= 4 is 5.91 Å². The van der Waals surface area contributed by atoms with Gasteiger partial charge in [-0.15, -0.1) is 0 Å². The van der Waals surface area contributed by atoms with Crippen LogP contribution in [0.4, 0.5) is 8.78 Å². The van der Waals surface area contributed by atoms with Crippen LogP contribution in [0.1, 0.15) is 65.1 Å². The van der Waals surface area contributed by atoms with E-state index in [0.717, 1.165) is 44.3 Å². The molecule has 2 fully saturated rings. The molecule has 1 saturated carbocycles. The van der Waals surface area contributed by atoms with E-state index in [-0.39, 0.29) is 35.4 Å². The maximum atomic E-state index is 13.9. The van der Waals surface area contributed by atoms with Crippen LogP contribution in [0.25, 0.3) is 0 Å². The van der Waals surface area contributed by atoms with E-state index in [1.54, 1.807) is 24.3 Å². The Morgan fingerprint density at radius 1 is 0.892 bits per heavy atom. The molecule has 3 nitrogen and oxygen atoms in total. The quantitative estimate of drug-likeness (QED) is 0.349. The minimum absolute atomic E-state index is 0.000913. The lowest BCUT2D eigenvalue weighted by Gasteiger charge is -2.37. The van der Waals surface area contributed by atoms with Crippen molar-refractivity contribution in [3.05, 3.63) is 107 Å². The molecule has 5 heteroatoms. The number of nitrogens with zero attached hydrogens (tertiary/aromatic N) is 2. The van der Waals surface area contributed by atoms with Crippen molar-refractivity contribution < 1.29 is 13.6 Å². The third-order valence-corrected chi connectivity index (χ3v) is 8.20. The molecular formula is C32H36F2N2O. The standard InChI is InChI=1S/C32H36F2N2O/c1-23-8-5-6-13-30(23)31-22-35(19-24-9-7-10-28(34)18-24)20-26(31)21-36(29-11-3-2-4-12-29)32(37)25-14-16-27(33)17-15-25/h5-10,13-18,26,29,31H,2-4,11-12,19-22H2,1H3/t26-,31+/m0/s1. The summed E-state index contributed by atoms with van der Waals surface area (Å²) in [6.07, 6.45) is 5.51. The van der Waals surface area contributed by atoms with Crippen molar-refractivity contribution in [3.63, 3.8) is 0 Å². The van der Waals surface area contributed by atoms with Gasteiger partial charge < -0.3 is 4.90 Å². The van der Waals surface area contributed by atoms with Crippen LogP contribution in [-0.4, -0.2) is 41.4 Å². The number of aryl methyl sites for hydroxylation is 1. The second-order valence-electron chi connectivity index (χ2n) is 10.8. The van der Waals surface area contributed by atoms with Crippen LogP contribution < -0.4 is 0 Å². The normalized spacial score (nSPS) is 20.7. The first-order valence-corrected chi connectivity index (χ1v) is 13.6. The average molecular weight is 503 g/mol. The minimum atomic E-state index is -0.329. The van der Waals surface area contributed by atoms with Crippen LogP contribution in [0.5, 0.6) is 0 Å². The highest BCUT2D eigenvalue weighted by Gasteiger charge is 2.38. The molecule has 0 radical (unpaired) electrons. The lowest BCUT2D eigenvalue weighted by Crippen LogP contribution is -2.45. The second-order valence-corrected chi connectivity index (χ2v) is 10.8. The maximum Gasteiger partial charge on any atom is 0.254 e. The van der Waals surface area contributed by atoms with Gasteiger partial charge in [0.1, 0.15) is 11.6 Å². The van der Waals surface area contributed by atoms with Gasteiger partial charge in [0, 0.05) is 43.7 Å². The van der Waals surface area contributed by atoms with Gasteiger partial charge in [0.2, 0.25) is 0 Å². The van der Waals surface area contributed by atoms with Crippen LogP contribution in [-0.2, 0) is 6.54 Å². The van der Waals surface area contributed by atoms with E-state index in [9.17, 15) is 13.6 Å². The predicted octanol–water partition coefficient (Wildman–Crippen LogP) is 6.96. The molecule has 1 aliphatic heterocycles. The highest BCUT2D eigenvalue weighted by Crippen LogP contribution is 2.37. The van der Waals surface area contributed by atoms with Crippen LogP contribution in [0, 0.1) is 24.5 Å². The Balaban J connectivity index is 1.43. The molecule has 3 aromatic rings. The third kappa shape index (κ3) is 6.10. The van der Waals surface area contributed by atoms with Gasteiger partial charge in [-0.25, -0.2) is 8.78 Å². The largest absolute Gasteiger partial charge is 0.335 e. The summed E-state index contributed by atoms with van der Waals surface area (Å²) in [6.45, 7) is 5.22. The van der Waals surface area contributed by atoms with Crippen molar-refractivity contribution in [1.82, 2.24) is 9.80 Å². The predicted molar refractivity (Wildman–Crippen MR) is 143 cm³/mol. The Bertz CT molecular complexity index is 1210. The van der Waals surface area contributed by atoms with Crippen molar-refractivity contribution in [2.75, 3.05) is 19.6 Å². The molecule has 0 unspecified atom stereocenters. The van der Waals surface area contributed by atoms with Crippen LogP contribution >= 0.6 is 0 Å². The molecular weight excluding hydrogens is 466 g/mol. The van der Waals surface area contributed by atoms with E-state index >= 15 is 0 Å². The summed E-state index contributed by atoms with van der Waals surface area (Å²) < 4.78 is 27.5. The average Bonchev–Trinajstić information content (AvgIpc) is 3.30. The summed E-state index contributed by atoms with van der Waals surface area (Å²) in [5.74, 6) is -0.0110. The molecule has 1 amide bonds. The van der Waals surface area contributed by atoms with Gasteiger partial charge in [0.25, 0.3) is 5.91 Å². The second kappa shape index (κ2) is 11.6. The number of likely N-dealkylation sites (tertiary alicyclic amines) is 1. The maximum absolute atomic E-state index is 13.9. The third-order valence-electron chi connectivity index (χ3n) is 8.20. The number of halogens is 2. The Morgan fingerprint density at radius 3 is 2.38 bits per heavy atom. The smallest absolute Gasteiger partial charge is 0.254 e. The van der Waals surface area contributed by atoms with Crippen molar-refractivity contribution in [2.45, 2.75) is 57.5 Å². The van der Waals surface area contributed by atoms with Gasteiger partial charge in [-0.2, -0.15) is 0 Å². The zero-order valence-electron chi connectivity index (χ0n) is 21.6. The molecule has 2 atom stereocenters. The molecule has 0 N–H and O–H groups in total. The highest BCUT2D eigenvalue weighted by molar-refractivity contribution is 5.94. The Kier molecular flexibility index (Phi) is 7.99. The number of rotatable bonds is 7. The molecule has 2 aliphatic rings. The molecule has 0 spiro atoms. The van der Waals surface area contributed by atoms with Gasteiger partial charge in [-0.3, -0.25) is 9.69 Å². The number of hydrogen-bond donors (Lipinski definition) is 0. The summed E-state index contributed by atoms with van der Waals surface area (Å²) in [5.41, 5.74) is 4.11. The van der Waals surface area contributed by atoms with Crippen molar-refractivity contribution in [2.24, 2.45) is 5.92 Å². The number of amides is 1. The van der Waals surface area contributed by atoms with E-state index in [2.05, 4.69) is 41.0 Å². The zero-order chi connectivity index (χ0) is 25.8. The van der Waals surface area contributed by atoms with Gasteiger partial charge in [-0.1, -0.05) is 55.7 Å². The zero-order valence-corrected chi connectivity index (χ0v) is 21.6. The lowest BCUT2D eigenvalue weighted by molar-refractivity contribution is 0.0588. The lowest BCUT2D eigenvalue weighted by atomic mass is 9.85. The van der Waals surface area contributed by atoms with Gasteiger partial charge in [0.15, 0.2) is 0 Å². The summed E-state index contributed by atoms with van der Waals surface area (Å²) >= 11 is 0. The molecule has 1 saturated heterocycles. The minimum Gasteiger partial charge on any atom is -0.335 e. The molecule has 194 valence electrons. The number of carbonyl (C=O) groups excluding carboxylic acids is 1. The number of carbonyl (C=O) groups is 1. The molecule has 1 aliphatic carbocycles. The van der Waals surface area contributed by atoms with Gasteiger partial charge >= 0.3 is 0 Å². The number of benzene rings is 3. The summed E-state index contributed by atoms with van der Waals surface area (Å²) in [4.78, 5) is 18.3. The molecule has 1 heterocycles. The highest BCUT2D eigenvalue weighted by atomic mass is 19.1. The van der Waals surface area contributed by atoms with E-state index in [0.29, 0.717) is 18.7 Å². The summed E-state index contributed by atoms with van der Waals surface area (Å²) in [7, 11) is 0.